The van der Waals surface area contributed by atoms with Crippen molar-refractivity contribution in [3.63, 3.8) is 0 Å². The van der Waals surface area contributed by atoms with Gasteiger partial charge in [-0.1, -0.05) is 16.9 Å². The fraction of sp³-hybridized carbons (Fsp3) is 0.111. The Balaban J connectivity index is 2.79. The van der Waals surface area contributed by atoms with E-state index < -0.39 is 4.92 Å². The predicted octanol–water partition coefficient (Wildman–Crippen LogP) is 1.80. The number of benzene rings is 1. The zero-order valence-corrected chi connectivity index (χ0v) is 7.99. The van der Waals surface area contributed by atoms with Crippen LogP contribution >= 0.6 is 0 Å². The molecule has 0 bridgehead atoms. The summed E-state index contributed by atoms with van der Waals surface area (Å²) in [6.45, 7) is 1.72. The van der Waals surface area contributed by atoms with Crippen molar-refractivity contribution in [2.75, 3.05) is 0 Å². The maximum Gasteiger partial charge on any atom is 0.400 e. The van der Waals surface area contributed by atoms with E-state index >= 15 is 0 Å². The van der Waals surface area contributed by atoms with Crippen LogP contribution in [0.25, 0.3) is 10.9 Å². The van der Waals surface area contributed by atoms with Crippen molar-refractivity contribution >= 4 is 22.9 Å². The van der Waals surface area contributed by atoms with Gasteiger partial charge in [0.05, 0.1) is 5.10 Å². The summed E-state index contributed by atoms with van der Waals surface area (Å²) in [6.07, 6.45) is 1.53. The van der Waals surface area contributed by atoms with Gasteiger partial charge in [-0.05, 0) is 24.0 Å². The molecular weight excluding hydrogens is 196 g/mol. The molecule has 0 fully saturated rings. The van der Waals surface area contributed by atoms with Crippen molar-refractivity contribution in [1.29, 1.82) is 0 Å². The first-order chi connectivity index (χ1) is 7.24. The lowest BCUT2D eigenvalue weighted by molar-refractivity contribution is -0.388. The molecule has 0 aliphatic rings. The second kappa shape index (κ2) is 3.49. The van der Waals surface area contributed by atoms with Crippen molar-refractivity contribution in [2.45, 2.75) is 6.92 Å². The molecule has 2 rings (SSSR count). The second-order valence-corrected chi connectivity index (χ2v) is 2.86. The third kappa shape index (κ3) is 1.45. The number of fused-ring (bicyclic) bond motifs is 1. The van der Waals surface area contributed by atoms with Crippen molar-refractivity contribution in [3.8, 4) is 0 Å². The van der Waals surface area contributed by atoms with E-state index in [4.69, 9.17) is 0 Å². The van der Waals surface area contributed by atoms with Gasteiger partial charge in [0.1, 0.15) is 10.9 Å². The van der Waals surface area contributed by atoms with E-state index in [-0.39, 0.29) is 5.82 Å². The summed E-state index contributed by atoms with van der Waals surface area (Å²) in [6, 6.07) is 6.91. The van der Waals surface area contributed by atoms with Gasteiger partial charge < -0.3 is 10.1 Å². The quantitative estimate of drug-likeness (QED) is 0.425. The van der Waals surface area contributed by atoms with Crippen LogP contribution in [0.4, 0.5) is 5.82 Å². The molecule has 0 aliphatic heterocycles. The summed E-state index contributed by atoms with van der Waals surface area (Å²) >= 11 is 0. The molecule has 0 aliphatic carbocycles. The molecule has 1 aromatic heterocycles. The summed E-state index contributed by atoms with van der Waals surface area (Å²) in [5.41, 5.74) is 0.627. The Morgan fingerprint density at radius 2 is 2.27 bits per heavy atom. The Morgan fingerprint density at radius 3 is 2.93 bits per heavy atom. The summed E-state index contributed by atoms with van der Waals surface area (Å²) in [7, 11) is 0. The number of hydrogen-bond acceptors (Lipinski definition) is 4. The van der Waals surface area contributed by atoms with Crippen LogP contribution in [0, 0.1) is 10.1 Å². The fourth-order valence-electron chi connectivity index (χ4n) is 1.37. The minimum Gasteiger partial charge on any atom is -0.358 e. The zero-order valence-electron chi connectivity index (χ0n) is 7.99. The normalized spacial score (nSPS) is 11.3. The molecule has 0 N–H and O–H groups in total. The van der Waals surface area contributed by atoms with Crippen LogP contribution in [0.15, 0.2) is 29.4 Å². The van der Waals surface area contributed by atoms with Gasteiger partial charge in [-0.3, -0.25) is 0 Å². The molecule has 0 amide bonds. The molecule has 6 heteroatoms. The van der Waals surface area contributed by atoms with E-state index in [9.17, 15) is 10.1 Å². The number of hydrogen-bond donors (Lipinski definition) is 0. The molecule has 2 aromatic rings. The van der Waals surface area contributed by atoms with Gasteiger partial charge >= 0.3 is 5.82 Å². The molecule has 0 unspecified atom stereocenters. The van der Waals surface area contributed by atoms with Crippen molar-refractivity contribution < 1.29 is 4.92 Å². The molecule has 76 valence electrons. The maximum absolute atomic E-state index is 10.7. The Kier molecular flexibility index (Phi) is 2.17. The highest BCUT2D eigenvalue weighted by atomic mass is 16.6. The number of rotatable bonds is 2. The number of nitrogens with zero attached hydrogens (tertiary/aromatic N) is 4. The Hall–Kier alpha value is -2.24. The van der Waals surface area contributed by atoms with Gasteiger partial charge in [0, 0.05) is 6.21 Å². The number of para-hydroxylation sites is 1. The van der Waals surface area contributed by atoms with Gasteiger partial charge in [-0.15, -0.1) is 5.10 Å². The van der Waals surface area contributed by atoms with Gasteiger partial charge in [-0.25, -0.2) is 0 Å². The molecule has 0 saturated heterocycles. The maximum atomic E-state index is 10.7. The predicted molar refractivity (Wildman–Crippen MR) is 56.0 cm³/mol. The molecule has 0 radical (unpaired) electrons. The van der Waals surface area contributed by atoms with Crippen LogP contribution in [-0.2, 0) is 0 Å². The zero-order chi connectivity index (χ0) is 10.8. The Morgan fingerprint density at radius 1 is 1.53 bits per heavy atom. The van der Waals surface area contributed by atoms with E-state index in [1.165, 1.54) is 11.0 Å². The summed E-state index contributed by atoms with van der Waals surface area (Å²) in [5, 5.41) is 18.9. The molecule has 0 atom stereocenters. The Bertz CT molecular complexity index is 544. The van der Waals surface area contributed by atoms with Gasteiger partial charge in [0.2, 0.25) is 0 Å². The SMILES string of the molecule is CC=Nn1nc([N+](=O)[O-])c2ccccc21. The lowest BCUT2D eigenvalue weighted by atomic mass is 10.2. The van der Waals surface area contributed by atoms with E-state index in [0.29, 0.717) is 10.9 Å². The minimum absolute atomic E-state index is 0.170. The molecule has 6 nitrogen and oxygen atoms in total. The third-order valence-electron chi connectivity index (χ3n) is 1.95. The molecule has 15 heavy (non-hydrogen) atoms. The molecule has 1 heterocycles. The molecule has 1 aromatic carbocycles. The minimum atomic E-state index is -0.510. The van der Waals surface area contributed by atoms with Crippen molar-refractivity contribution in [1.82, 2.24) is 9.89 Å². The average molecular weight is 204 g/mol. The monoisotopic (exact) mass is 204 g/mol. The molecule has 0 saturated carbocycles. The first-order valence-electron chi connectivity index (χ1n) is 4.35. The van der Waals surface area contributed by atoms with Crippen LogP contribution in [0.3, 0.4) is 0 Å². The van der Waals surface area contributed by atoms with E-state index in [0.717, 1.165) is 0 Å². The van der Waals surface area contributed by atoms with Crippen molar-refractivity contribution in [3.05, 3.63) is 34.4 Å². The van der Waals surface area contributed by atoms with E-state index in [1.807, 2.05) is 0 Å². The highest BCUT2D eigenvalue weighted by molar-refractivity contribution is 5.87. The highest BCUT2D eigenvalue weighted by Crippen LogP contribution is 2.23. The molecule has 0 spiro atoms. The first kappa shape index (κ1) is 9.32. The first-order valence-corrected chi connectivity index (χ1v) is 4.35. The van der Waals surface area contributed by atoms with Crippen LogP contribution in [-0.4, -0.2) is 21.0 Å². The summed E-state index contributed by atoms with van der Waals surface area (Å²) in [4.78, 5) is 11.5. The van der Waals surface area contributed by atoms with Gasteiger partial charge in [0.15, 0.2) is 0 Å². The van der Waals surface area contributed by atoms with Crippen LogP contribution in [0.2, 0.25) is 0 Å². The van der Waals surface area contributed by atoms with Crippen LogP contribution < -0.4 is 0 Å². The lowest BCUT2D eigenvalue weighted by Gasteiger charge is -1.87. The Labute approximate surface area is 85.0 Å². The highest BCUT2D eigenvalue weighted by Gasteiger charge is 2.20. The third-order valence-corrected chi connectivity index (χ3v) is 1.95. The molecular formula is C9H8N4O2. The van der Waals surface area contributed by atoms with E-state index in [2.05, 4.69) is 10.2 Å². The summed E-state index contributed by atoms with van der Waals surface area (Å²) < 4.78 is 0. The van der Waals surface area contributed by atoms with Crippen LogP contribution in [0.5, 0.6) is 0 Å². The van der Waals surface area contributed by atoms with E-state index in [1.54, 1.807) is 31.2 Å². The standard InChI is InChI=1S/C9H8N4O2/c1-2-10-12-8-6-4-3-5-7(8)9(11-12)13(14)15/h2-6H,1H3. The van der Waals surface area contributed by atoms with Crippen molar-refractivity contribution in [2.24, 2.45) is 5.10 Å². The smallest absolute Gasteiger partial charge is 0.358 e. The average Bonchev–Trinajstić information content (AvgIpc) is 2.59. The number of nitro groups is 1. The lowest BCUT2D eigenvalue weighted by Crippen LogP contribution is -1.93. The van der Waals surface area contributed by atoms with Gasteiger partial charge in [-0.2, -0.15) is 0 Å². The fourth-order valence-corrected chi connectivity index (χ4v) is 1.37. The number of aromatic nitrogens is 2. The van der Waals surface area contributed by atoms with Gasteiger partial charge in [0.25, 0.3) is 0 Å². The largest absolute Gasteiger partial charge is 0.400 e. The second-order valence-electron chi connectivity index (χ2n) is 2.86. The topological polar surface area (TPSA) is 73.3 Å². The van der Waals surface area contributed by atoms with Crippen LogP contribution in [0.1, 0.15) is 6.92 Å². The summed E-state index contributed by atoms with van der Waals surface area (Å²) in [5.74, 6) is -0.170.